The number of thiazole rings is 1. The largest absolute Gasteiger partial charge is 0.382 e. The van der Waals surface area contributed by atoms with E-state index in [1.807, 2.05) is 0 Å². The molecule has 1 atom stereocenters. The quantitative estimate of drug-likeness (QED) is 0.758. The molecule has 1 aromatic heterocycles. The first-order valence-corrected chi connectivity index (χ1v) is 7.94. The van der Waals surface area contributed by atoms with Crippen LogP contribution in [0.25, 0.3) is 0 Å². The van der Waals surface area contributed by atoms with Crippen LogP contribution in [0.1, 0.15) is 42.8 Å². The predicted octanol–water partition coefficient (Wildman–Crippen LogP) is 1.18. The number of amides is 1. The van der Waals surface area contributed by atoms with Gasteiger partial charge >= 0.3 is 0 Å². The highest BCUT2D eigenvalue weighted by atomic mass is 32.1. The lowest BCUT2D eigenvalue weighted by molar-refractivity contribution is 0.0939. The SMILES string of the molecule is CCC(CC)NC(=O)c1sc(N2CCC(N)C2)nc1N. The van der Waals surface area contributed by atoms with E-state index < -0.39 is 0 Å². The summed E-state index contributed by atoms with van der Waals surface area (Å²) in [5, 5.41) is 3.79. The third-order valence-electron chi connectivity index (χ3n) is 3.66. The van der Waals surface area contributed by atoms with Crippen LogP contribution in [0.4, 0.5) is 10.9 Å². The van der Waals surface area contributed by atoms with Crippen LogP contribution in [0.5, 0.6) is 0 Å². The van der Waals surface area contributed by atoms with Crippen molar-refractivity contribution in [2.75, 3.05) is 23.7 Å². The van der Waals surface area contributed by atoms with Gasteiger partial charge in [-0.1, -0.05) is 25.2 Å². The fraction of sp³-hybridized carbons (Fsp3) is 0.692. The van der Waals surface area contributed by atoms with Crippen molar-refractivity contribution in [1.82, 2.24) is 10.3 Å². The first-order chi connectivity index (χ1) is 9.55. The van der Waals surface area contributed by atoms with Crippen LogP contribution < -0.4 is 21.7 Å². The predicted molar refractivity (Wildman–Crippen MR) is 83.2 cm³/mol. The molecule has 1 fully saturated rings. The molecule has 0 radical (unpaired) electrons. The molecule has 0 aromatic carbocycles. The second-order valence-corrected chi connectivity index (χ2v) is 6.17. The molecule has 7 heteroatoms. The minimum atomic E-state index is -0.122. The van der Waals surface area contributed by atoms with E-state index in [0.29, 0.717) is 10.7 Å². The van der Waals surface area contributed by atoms with Crippen molar-refractivity contribution in [3.05, 3.63) is 4.88 Å². The minimum Gasteiger partial charge on any atom is -0.382 e. The van der Waals surface area contributed by atoms with Gasteiger partial charge in [-0.15, -0.1) is 0 Å². The molecule has 1 saturated heterocycles. The maximum Gasteiger partial charge on any atom is 0.265 e. The summed E-state index contributed by atoms with van der Waals surface area (Å²) in [4.78, 5) is 19.1. The zero-order valence-electron chi connectivity index (χ0n) is 12.1. The zero-order chi connectivity index (χ0) is 14.7. The van der Waals surface area contributed by atoms with E-state index in [0.717, 1.165) is 37.5 Å². The number of nitrogens with two attached hydrogens (primary N) is 2. The van der Waals surface area contributed by atoms with Gasteiger partial charge in [0.1, 0.15) is 10.7 Å². The molecule has 1 amide bonds. The van der Waals surface area contributed by atoms with E-state index >= 15 is 0 Å². The first-order valence-electron chi connectivity index (χ1n) is 7.12. The normalized spacial score (nSPS) is 18.8. The topological polar surface area (TPSA) is 97.3 Å². The van der Waals surface area contributed by atoms with Crippen LogP contribution in [0.2, 0.25) is 0 Å². The number of aromatic nitrogens is 1. The Morgan fingerprint density at radius 2 is 2.25 bits per heavy atom. The molecule has 0 bridgehead atoms. The monoisotopic (exact) mass is 297 g/mol. The molecule has 20 heavy (non-hydrogen) atoms. The Hall–Kier alpha value is -1.34. The summed E-state index contributed by atoms with van der Waals surface area (Å²) in [7, 11) is 0. The number of nitrogen functional groups attached to an aromatic ring is 1. The molecule has 1 aromatic rings. The summed E-state index contributed by atoms with van der Waals surface area (Å²) in [6, 6.07) is 0.370. The Morgan fingerprint density at radius 1 is 1.55 bits per heavy atom. The van der Waals surface area contributed by atoms with Crippen molar-refractivity contribution in [2.24, 2.45) is 5.73 Å². The maximum absolute atomic E-state index is 12.2. The highest BCUT2D eigenvalue weighted by molar-refractivity contribution is 7.18. The number of anilines is 2. The Bertz CT molecular complexity index is 471. The van der Waals surface area contributed by atoms with Crippen molar-refractivity contribution in [3.8, 4) is 0 Å². The summed E-state index contributed by atoms with van der Waals surface area (Å²) in [6.07, 6.45) is 2.78. The minimum absolute atomic E-state index is 0.122. The Labute approximate surface area is 123 Å². The zero-order valence-corrected chi connectivity index (χ0v) is 12.9. The summed E-state index contributed by atoms with van der Waals surface area (Å²) < 4.78 is 0. The third kappa shape index (κ3) is 3.21. The number of nitrogens with one attached hydrogen (secondary N) is 1. The van der Waals surface area contributed by atoms with Gasteiger partial charge in [0.2, 0.25) is 0 Å². The summed E-state index contributed by atoms with van der Waals surface area (Å²) >= 11 is 1.35. The number of rotatable bonds is 5. The van der Waals surface area contributed by atoms with E-state index in [-0.39, 0.29) is 18.0 Å². The van der Waals surface area contributed by atoms with Crippen molar-refractivity contribution in [1.29, 1.82) is 0 Å². The van der Waals surface area contributed by atoms with Crippen molar-refractivity contribution in [2.45, 2.75) is 45.2 Å². The summed E-state index contributed by atoms with van der Waals surface area (Å²) in [5.74, 6) is 0.192. The van der Waals surface area contributed by atoms with E-state index in [2.05, 4.69) is 29.0 Å². The number of hydrogen-bond acceptors (Lipinski definition) is 6. The molecule has 5 N–H and O–H groups in total. The van der Waals surface area contributed by atoms with Gasteiger partial charge in [-0.3, -0.25) is 4.79 Å². The Kier molecular flexibility index (Phi) is 4.82. The van der Waals surface area contributed by atoms with Gasteiger partial charge in [0.25, 0.3) is 5.91 Å². The number of nitrogens with zero attached hydrogens (tertiary/aromatic N) is 2. The molecule has 1 aliphatic rings. The fourth-order valence-electron chi connectivity index (χ4n) is 2.32. The summed E-state index contributed by atoms with van der Waals surface area (Å²) in [5.41, 5.74) is 11.8. The standard InChI is InChI=1S/C13H23N5OS/c1-3-9(4-2)16-12(19)10-11(15)17-13(20-10)18-6-5-8(14)7-18/h8-9H,3-7,14-15H2,1-2H3,(H,16,19). The van der Waals surface area contributed by atoms with Gasteiger partial charge in [-0.2, -0.15) is 0 Å². The van der Waals surface area contributed by atoms with Gasteiger partial charge < -0.3 is 21.7 Å². The molecule has 0 saturated carbocycles. The average molecular weight is 297 g/mol. The van der Waals surface area contributed by atoms with Gasteiger partial charge in [-0.05, 0) is 19.3 Å². The smallest absolute Gasteiger partial charge is 0.265 e. The van der Waals surface area contributed by atoms with Gasteiger partial charge in [-0.25, -0.2) is 4.98 Å². The number of carbonyl (C=O) groups is 1. The van der Waals surface area contributed by atoms with Gasteiger partial charge in [0.15, 0.2) is 5.13 Å². The van der Waals surface area contributed by atoms with Crippen LogP contribution >= 0.6 is 11.3 Å². The van der Waals surface area contributed by atoms with Crippen LogP contribution in [0.15, 0.2) is 0 Å². The maximum atomic E-state index is 12.2. The lowest BCUT2D eigenvalue weighted by atomic mass is 10.2. The van der Waals surface area contributed by atoms with Gasteiger partial charge in [0.05, 0.1) is 0 Å². The van der Waals surface area contributed by atoms with Gasteiger partial charge in [0, 0.05) is 25.2 Å². The molecule has 1 unspecified atom stereocenters. The highest BCUT2D eigenvalue weighted by Crippen LogP contribution is 2.30. The van der Waals surface area contributed by atoms with E-state index in [1.165, 1.54) is 11.3 Å². The van der Waals surface area contributed by atoms with Crippen molar-refractivity contribution >= 4 is 28.2 Å². The molecule has 112 valence electrons. The van der Waals surface area contributed by atoms with Crippen molar-refractivity contribution in [3.63, 3.8) is 0 Å². The average Bonchev–Trinajstić information content (AvgIpc) is 3.01. The molecule has 0 spiro atoms. The Balaban J connectivity index is 2.09. The van der Waals surface area contributed by atoms with Crippen LogP contribution in [0, 0.1) is 0 Å². The molecule has 2 rings (SSSR count). The summed E-state index contributed by atoms with van der Waals surface area (Å²) in [6.45, 7) is 5.77. The van der Waals surface area contributed by atoms with E-state index in [4.69, 9.17) is 11.5 Å². The highest BCUT2D eigenvalue weighted by Gasteiger charge is 2.25. The van der Waals surface area contributed by atoms with Crippen LogP contribution in [0.3, 0.4) is 0 Å². The molecular formula is C13H23N5OS. The third-order valence-corrected chi connectivity index (χ3v) is 4.80. The van der Waals surface area contributed by atoms with E-state index in [9.17, 15) is 4.79 Å². The lowest BCUT2D eigenvalue weighted by Gasteiger charge is -2.14. The Morgan fingerprint density at radius 3 is 2.80 bits per heavy atom. The number of hydrogen-bond donors (Lipinski definition) is 3. The first kappa shape index (κ1) is 15.1. The molecule has 0 aliphatic carbocycles. The van der Waals surface area contributed by atoms with Crippen LogP contribution in [-0.2, 0) is 0 Å². The molecule has 2 heterocycles. The van der Waals surface area contributed by atoms with Crippen LogP contribution in [-0.4, -0.2) is 36.1 Å². The van der Waals surface area contributed by atoms with E-state index in [1.54, 1.807) is 0 Å². The second-order valence-electron chi connectivity index (χ2n) is 5.19. The lowest BCUT2D eigenvalue weighted by Crippen LogP contribution is -2.33. The molecule has 6 nitrogen and oxygen atoms in total. The molecular weight excluding hydrogens is 274 g/mol. The fourth-order valence-corrected chi connectivity index (χ4v) is 3.25. The second kappa shape index (κ2) is 6.41. The molecule has 1 aliphatic heterocycles. The van der Waals surface area contributed by atoms with Crippen molar-refractivity contribution < 1.29 is 4.79 Å². The number of carbonyl (C=O) groups excluding carboxylic acids is 1.